The van der Waals surface area contributed by atoms with E-state index in [-0.39, 0.29) is 0 Å². The first-order valence-electron chi connectivity index (χ1n) is 9.03. The standard InChI is InChI=1S/C19H23ClN4S/c1-2-23-13-21-17-11-24(16-9-7-15(20)8-10-16)19(22-18(17)23)25-12-14-5-3-4-6-14/h7-10,13-14H,2-6,11-12H2,1H3. The summed E-state index contributed by atoms with van der Waals surface area (Å²) in [6, 6.07) is 8.01. The number of thioether (sulfide) groups is 1. The van der Waals surface area contributed by atoms with Gasteiger partial charge in [-0.2, -0.15) is 0 Å². The molecular formula is C19H23ClN4S. The van der Waals surface area contributed by atoms with Gasteiger partial charge in [-0.15, -0.1) is 0 Å². The molecule has 2 aliphatic rings. The van der Waals surface area contributed by atoms with Crippen molar-refractivity contribution in [2.24, 2.45) is 10.9 Å². The molecule has 1 aliphatic carbocycles. The quantitative estimate of drug-likeness (QED) is 0.709. The number of aromatic nitrogens is 2. The Bertz CT molecular complexity index is 762. The van der Waals surface area contributed by atoms with Gasteiger partial charge in [-0.05, 0) is 49.9 Å². The maximum atomic E-state index is 6.07. The molecule has 0 atom stereocenters. The maximum absolute atomic E-state index is 6.07. The van der Waals surface area contributed by atoms with Crippen LogP contribution in [0.1, 0.15) is 38.3 Å². The van der Waals surface area contributed by atoms with E-state index in [1.54, 1.807) is 0 Å². The number of fused-ring (bicyclic) bond motifs is 1. The van der Waals surface area contributed by atoms with Crippen LogP contribution in [0.15, 0.2) is 35.6 Å². The summed E-state index contributed by atoms with van der Waals surface area (Å²) in [6.45, 7) is 3.79. The van der Waals surface area contributed by atoms with Crippen molar-refractivity contribution in [2.75, 3.05) is 10.7 Å². The third-order valence-corrected chi connectivity index (χ3v) is 6.49. The van der Waals surface area contributed by atoms with E-state index in [1.807, 2.05) is 30.2 Å². The van der Waals surface area contributed by atoms with Crippen molar-refractivity contribution in [1.29, 1.82) is 0 Å². The monoisotopic (exact) mass is 374 g/mol. The highest BCUT2D eigenvalue weighted by Crippen LogP contribution is 2.35. The summed E-state index contributed by atoms with van der Waals surface area (Å²) in [4.78, 5) is 11.8. The Morgan fingerprint density at radius 3 is 2.68 bits per heavy atom. The van der Waals surface area contributed by atoms with Crippen molar-refractivity contribution < 1.29 is 0 Å². The SMILES string of the molecule is CCn1cnc2c1N=C(SCC1CCCC1)N(c1ccc(Cl)cc1)C2. The number of hydrogen-bond donors (Lipinski definition) is 0. The average molecular weight is 375 g/mol. The highest BCUT2D eigenvalue weighted by molar-refractivity contribution is 8.14. The van der Waals surface area contributed by atoms with Crippen LogP contribution in [0.25, 0.3) is 0 Å². The van der Waals surface area contributed by atoms with E-state index in [1.165, 1.54) is 25.7 Å². The smallest absolute Gasteiger partial charge is 0.170 e. The second-order valence-corrected chi connectivity index (χ2v) is 8.14. The molecule has 0 saturated heterocycles. The van der Waals surface area contributed by atoms with Gasteiger partial charge in [-0.3, -0.25) is 0 Å². The summed E-state index contributed by atoms with van der Waals surface area (Å²) in [5.41, 5.74) is 2.17. The Balaban J connectivity index is 1.63. The van der Waals surface area contributed by atoms with Crippen LogP contribution in [0, 0.1) is 5.92 Å². The summed E-state index contributed by atoms with van der Waals surface area (Å²) in [7, 11) is 0. The molecule has 1 fully saturated rings. The molecule has 132 valence electrons. The first-order valence-corrected chi connectivity index (χ1v) is 10.4. The third-order valence-electron chi connectivity index (χ3n) is 5.03. The number of aryl methyl sites for hydroxylation is 1. The van der Waals surface area contributed by atoms with Gasteiger partial charge in [0.15, 0.2) is 11.0 Å². The van der Waals surface area contributed by atoms with Crippen molar-refractivity contribution in [2.45, 2.75) is 45.7 Å². The molecule has 1 saturated carbocycles. The molecule has 4 nitrogen and oxygen atoms in total. The number of rotatable bonds is 4. The lowest BCUT2D eigenvalue weighted by Crippen LogP contribution is -2.31. The number of hydrogen-bond acceptors (Lipinski definition) is 4. The predicted molar refractivity (Wildman–Crippen MR) is 107 cm³/mol. The Morgan fingerprint density at radius 1 is 1.20 bits per heavy atom. The molecule has 2 heterocycles. The van der Waals surface area contributed by atoms with Crippen molar-refractivity contribution in [3.05, 3.63) is 41.3 Å². The summed E-state index contributed by atoms with van der Waals surface area (Å²) in [5, 5.41) is 1.84. The van der Waals surface area contributed by atoms with Crippen LogP contribution in [-0.2, 0) is 13.1 Å². The minimum Gasteiger partial charge on any atom is -0.316 e. The second kappa shape index (κ2) is 7.42. The number of aliphatic imine (C=N–C) groups is 1. The highest BCUT2D eigenvalue weighted by atomic mass is 35.5. The predicted octanol–water partition coefficient (Wildman–Crippen LogP) is 5.49. The fourth-order valence-electron chi connectivity index (χ4n) is 3.56. The highest BCUT2D eigenvalue weighted by Gasteiger charge is 2.26. The van der Waals surface area contributed by atoms with E-state index in [0.29, 0.717) is 0 Å². The maximum Gasteiger partial charge on any atom is 0.170 e. The van der Waals surface area contributed by atoms with Crippen LogP contribution in [0.2, 0.25) is 5.02 Å². The fraction of sp³-hybridized carbons (Fsp3) is 0.474. The lowest BCUT2D eigenvalue weighted by molar-refractivity contribution is 0.624. The number of nitrogens with zero attached hydrogens (tertiary/aromatic N) is 4. The Morgan fingerprint density at radius 2 is 1.96 bits per heavy atom. The van der Waals surface area contributed by atoms with Gasteiger partial charge in [-0.25, -0.2) is 9.98 Å². The molecule has 1 aliphatic heterocycles. The number of anilines is 1. The number of halogens is 1. The minimum atomic E-state index is 0.758. The molecule has 25 heavy (non-hydrogen) atoms. The zero-order chi connectivity index (χ0) is 17.2. The molecule has 0 radical (unpaired) electrons. The first kappa shape index (κ1) is 17.0. The second-order valence-electron chi connectivity index (χ2n) is 6.72. The molecule has 1 aromatic carbocycles. The van der Waals surface area contributed by atoms with E-state index in [0.717, 1.165) is 52.1 Å². The van der Waals surface area contributed by atoms with E-state index < -0.39 is 0 Å². The largest absolute Gasteiger partial charge is 0.316 e. The zero-order valence-electron chi connectivity index (χ0n) is 14.5. The lowest BCUT2D eigenvalue weighted by atomic mass is 10.1. The summed E-state index contributed by atoms with van der Waals surface area (Å²) >= 11 is 7.96. The molecule has 6 heteroatoms. The van der Waals surface area contributed by atoms with Gasteiger partial charge in [0.05, 0.1) is 12.9 Å². The van der Waals surface area contributed by atoms with Gasteiger partial charge in [0.25, 0.3) is 0 Å². The van der Waals surface area contributed by atoms with Crippen LogP contribution in [0.5, 0.6) is 0 Å². The van der Waals surface area contributed by atoms with Gasteiger partial charge in [0.2, 0.25) is 0 Å². The molecular weight excluding hydrogens is 352 g/mol. The summed E-state index contributed by atoms with van der Waals surface area (Å²) < 4.78 is 2.13. The topological polar surface area (TPSA) is 33.4 Å². The Labute approximate surface area is 158 Å². The Kier molecular flexibility index (Phi) is 5.04. The fourth-order valence-corrected chi connectivity index (χ4v) is 4.88. The third kappa shape index (κ3) is 3.58. The minimum absolute atomic E-state index is 0.758. The van der Waals surface area contributed by atoms with Gasteiger partial charge in [-0.1, -0.05) is 36.2 Å². The van der Waals surface area contributed by atoms with Gasteiger partial charge in [0.1, 0.15) is 5.69 Å². The van der Waals surface area contributed by atoms with Crippen molar-refractivity contribution >= 4 is 40.0 Å². The van der Waals surface area contributed by atoms with Crippen molar-refractivity contribution in [3.8, 4) is 0 Å². The Hall–Kier alpha value is -1.46. The van der Waals surface area contributed by atoms with Crippen LogP contribution in [-0.4, -0.2) is 20.5 Å². The van der Waals surface area contributed by atoms with Crippen LogP contribution < -0.4 is 4.90 Å². The van der Waals surface area contributed by atoms with Gasteiger partial charge >= 0.3 is 0 Å². The van der Waals surface area contributed by atoms with Crippen molar-refractivity contribution in [3.63, 3.8) is 0 Å². The molecule has 1 aromatic heterocycles. The first-order chi connectivity index (χ1) is 12.2. The van der Waals surface area contributed by atoms with Crippen LogP contribution in [0.4, 0.5) is 11.5 Å². The molecule has 0 bridgehead atoms. The molecule has 0 unspecified atom stereocenters. The normalized spacial score (nSPS) is 17.7. The zero-order valence-corrected chi connectivity index (χ0v) is 16.1. The van der Waals surface area contributed by atoms with Crippen LogP contribution in [0.3, 0.4) is 0 Å². The van der Waals surface area contributed by atoms with Gasteiger partial charge < -0.3 is 9.47 Å². The molecule has 2 aromatic rings. The van der Waals surface area contributed by atoms with Gasteiger partial charge in [0, 0.05) is 23.0 Å². The molecule has 0 N–H and O–H groups in total. The van der Waals surface area contributed by atoms with Crippen molar-refractivity contribution in [1.82, 2.24) is 9.55 Å². The number of imidazole rings is 1. The summed E-state index contributed by atoms with van der Waals surface area (Å²) in [5.74, 6) is 3.00. The lowest BCUT2D eigenvalue weighted by Gasteiger charge is -2.29. The van der Waals surface area contributed by atoms with E-state index >= 15 is 0 Å². The van der Waals surface area contributed by atoms with E-state index in [2.05, 4.69) is 33.5 Å². The van der Waals surface area contributed by atoms with E-state index in [4.69, 9.17) is 16.6 Å². The van der Waals surface area contributed by atoms with E-state index in [9.17, 15) is 0 Å². The number of benzene rings is 1. The average Bonchev–Trinajstić information content (AvgIpc) is 3.29. The molecule has 4 rings (SSSR count). The van der Waals surface area contributed by atoms with Crippen LogP contribution >= 0.6 is 23.4 Å². The molecule has 0 amide bonds. The molecule has 0 spiro atoms. The number of amidine groups is 1. The summed E-state index contributed by atoms with van der Waals surface area (Å²) in [6.07, 6.45) is 7.38.